The van der Waals surface area contributed by atoms with Crippen LogP contribution in [0.1, 0.15) is 17.5 Å². The molecule has 0 amide bonds. The van der Waals surface area contributed by atoms with Gasteiger partial charge in [-0.2, -0.15) is 0 Å². The lowest BCUT2D eigenvalue weighted by atomic mass is 9.97. The molecule has 3 aliphatic heterocycles. The largest absolute Gasteiger partial charge is 0.378 e. The number of fused-ring (bicyclic) bond motifs is 3. The SMILES string of the molecule is CO[C@H]1O[C@@H]2CO[C@@H](c3ccccc3)O[C@H]2[C@@H]2OCCOCCN(Cc3ccccn3)CCOCCO[C@@H]12. The van der Waals surface area contributed by atoms with Crippen molar-refractivity contribution >= 4 is 0 Å². The van der Waals surface area contributed by atoms with Crippen LogP contribution in [0.25, 0.3) is 0 Å². The first kappa shape index (κ1) is 27.6. The van der Waals surface area contributed by atoms with Gasteiger partial charge < -0.3 is 37.9 Å². The van der Waals surface area contributed by atoms with Gasteiger partial charge >= 0.3 is 0 Å². The van der Waals surface area contributed by atoms with Crippen molar-refractivity contribution in [3.8, 4) is 0 Å². The summed E-state index contributed by atoms with van der Waals surface area (Å²) in [5.41, 5.74) is 1.97. The summed E-state index contributed by atoms with van der Waals surface area (Å²) in [5, 5.41) is 0. The minimum atomic E-state index is -0.618. The third kappa shape index (κ3) is 7.35. The Morgan fingerprint density at radius 1 is 0.789 bits per heavy atom. The number of hydrogen-bond donors (Lipinski definition) is 0. The van der Waals surface area contributed by atoms with Gasteiger partial charge in [-0.15, -0.1) is 0 Å². The molecular formula is C28H38N2O8. The molecular weight excluding hydrogens is 492 g/mol. The fraction of sp³-hybridized carbons (Fsp3) is 0.607. The number of benzene rings is 1. The van der Waals surface area contributed by atoms with Crippen LogP contribution in [-0.4, -0.2) is 107 Å². The highest BCUT2D eigenvalue weighted by Gasteiger charge is 2.51. The van der Waals surface area contributed by atoms with E-state index in [-0.39, 0.29) is 6.10 Å². The van der Waals surface area contributed by atoms with Crippen LogP contribution in [0, 0.1) is 0 Å². The Bertz CT molecular complexity index is 939. The first-order valence-corrected chi connectivity index (χ1v) is 13.3. The van der Waals surface area contributed by atoms with Crippen LogP contribution in [0.4, 0.5) is 0 Å². The number of nitrogens with zero attached hydrogens (tertiary/aromatic N) is 2. The number of aromatic nitrogens is 1. The summed E-state index contributed by atoms with van der Waals surface area (Å²) < 4.78 is 48.7. The van der Waals surface area contributed by atoms with Gasteiger partial charge in [0.15, 0.2) is 12.6 Å². The van der Waals surface area contributed by atoms with Crippen molar-refractivity contribution in [3.63, 3.8) is 0 Å². The standard InChI is InChI=1S/C28H38N2O8/c1-31-28-26-25(24-23(37-28)20-36-27(38-24)21-7-3-2-4-8-21)34-17-15-32-13-11-30(12-14-33-16-18-35-26)19-22-9-5-6-10-29-22/h2-10,23-28H,11-20H2,1H3/t23-,24-,25+,26-,27-,28+/m1/s1. The summed E-state index contributed by atoms with van der Waals surface area (Å²) in [6, 6.07) is 15.8. The minimum Gasteiger partial charge on any atom is -0.378 e. The summed E-state index contributed by atoms with van der Waals surface area (Å²) in [4.78, 5) is 6.73. The fourth-order valence-corrected chi connectivity index (χ4v) is 4.95. The monoisotopic (exact) mass is 530 g/mol. The van der Waals surface area contributed by atoms with E-state index in [9.17, 15) is 0 Å². The Hall–Kier alpha value is -1.99. The molecule has 4 heterocycles. The van der Waals surface area contributed by atoms with Gasteiger partial charge in [-0.1, -0.05) is 36.4 Å². The lowest BCUT2D eigenvalue weighted by Gasteiger charge is -2.48. The molecule has 3 aliphatic rings. The number of pyridine rings is 1. The molecule has 6 atom stereocenters. The van der Waals surface area contributed by atoms with Gasteiger partial charge in [0.1, 0.15) is 24.4 Å². The highest BCUT2D eigenvalue weighted by Crippen LogP contribution is 2.36. The highest BCUT2D eigenvalue weighted by molar-refractivity contribution is 5.16. The molecule has 0 aliphatic carbocycles. The smallest absolute Gasteiger partial charge is 0.186 e. The normalized spacial score (nSPS) is 32.3. The molecule has 0 spiro atoms. The molecule has 10 nitrogen and oxygen atoms in total. The molecule has 38 heavy (non-hydrogen) atoms. The molecule has 2 aromatic rings. The molecule has 5 rings (SSSR count). The van der Waals surface area contributed by atoms with E-state index in [0.29, 0.717) is 46.2 Å². The maximum absolute atomic E-state index is 6.41. The zero-order valence-corrected chi connectivity index (χ0v) is 21.9. The Morgan fingerprint density at radius 3 is 2.24 bits per heavy atom. The molecule has 0 N–H and O–H groups in total. The van der Waals surface area contributed by atoms with Gasteiger partial charge in [-0.05, 0) is 12.1 Å². The van der Waals surface area contributed by atoms with E-state index in [1.165, 1.54) is 0 Å². The van der Waals surface area contributed by atoms with E-state index in [1.54, 1.807) is 7.11 Å². The van der Waals surface area contributed by atoms with Crippen LogP contribution in [0.2, 0.25) is 0 Å². The van der Waals surface area contributed by atoms with Crippen LogP contribution < -0.4 is 0 Å². The molecule has 0 radical (unpaired) electrons. The summed E-state index contributed by atoms with van der Waals surface area (Å²) in [6.45, 7) is 5.46. The quantitative estimate of drug-likeness (QED) is 0.586. The van der Waals surface area contributed by atoms with Crippen molar-refractivity contribution in [3.05, 3.63) is 66.0 Å². The Morgan fingerprint density at radius 2 is 1.53 bits per heavy atom. The molecule has 1 aromatic carbocycles. The van der Waals surface area contributed by atoms with E-state index in [2.05, 4.69) is 9.88 Å². The van der Waals surface area contributed by atoms with E-state index in [0.717, 1.165) is 30.9 Å². The average molecular weight is 531 g/mol. The predicted molar refractivity (Wildman–Crippen MR) is 136 cm³/mol. The van der Waals surface area contributed by atoms with Gasteiger partial charge in [-0.3, -0.25) is 9.88 Å². The minimum absolute atomic E-state index is 0.343. The maximum Gasteiger partial charge on any atom is 0.186 e. The zero-order chi connectivity index (χ0) is 26.0. The zero-order valence-electron chi connectivity index (χ0n) is 21.9. The molecule has 0 bridgehead atoms. The lowest BCUT2D eigenvalue weighted by Crippen LogP contribution is -2.63. The van der Waals surface area contributed by atoms with Gasteiger partial charge in [0.05, 0.1) is 51.9 Å². The molecule has 0 saturated carbocycles. The van der Waals surface area contributed by atoms with Crippen LogP contribution in [0.5, 0.6) is 0 Å². The van der Waals surface area contributed by atoms with Crippen LogP contribution >= 0.6 is 0 Å². The first-order valence-electron chi connectivity index (χ1n) is 13.3. The second-order valence-corrected chi connectivity index (χ2v) is 9.45. The fourth-order valence-electron chi connectivity index (χ4n) is 4.95. The van der Waals surface area contributed by atoms with Gasteiger partial charge in [0.25, 0.3) is 0 Å². The van der Waals surface area contributed by atoms with Crippen LogP contribution in [0.15, 0.2) is 54.7 Å². The van der Waals surface area contributed by atoms with Crippen molar-refractivity contribution in [2.24, 2.45) is 0 Å². The maximum atomic E-state index is 6.41. The topological polar surface area (TPSA) is 90.0 Å². The van der Waals surface area contributed by atoms with Gasteiger partial charge in [-0.25, -0.2) is 0 Å². The summed E-state index contributed by atoms with van der Waals surface area (Å²) >= 11 is 0. The average Bonchev–Trinajstić information content (AvgIpc) is 2.97. The summed E-state index contributed by atoms with van der Waals surface area (Å²) in [5.74, 6) is 0. The molecule has 3 fully saturated rings. The van der Waals surface area contributed by atoms with Crippen molar-refractivity contribution in [1.82, 2.24) is 9.88 Å². The number of hydrogen-bond acceptors (Lipinski definition) is 10. The first-order chi connectivity index (χ1) is 18.8. The third-order valence-corrected chi connectivity index (χ3v) is 6.88. The second-order valence-electron chi connectivity index (χ2n) is 9.45. The molecule has 10 heteroatoms. The molecule has 3 saturated heterocycles. The van der Waals surface area contributed by atoms with Crippen molar-refractivity contribution in [2.75, 3.05) is 66.4 Å². The second kappa shape index (κ2) is 14.4. The van der Waals surface area contributed by atoms with E-state index in [4.69, 9.17) is 37.9 Å². The van der Waals surface area contributed by atoms with Crippen molar-refractivity contribution in [1.29, 1.82) is 0 Å². The Balaban J connectivity index is 1.23. The van der Waals surface area contributed by atoms with Crippen LogP contribution in [0.3, 0.4) is 0 Å². The molecule has 1 aromatic heterocycles. The van der Waals surface area contributed by atoms with Crippen molar-refractivity contribution in [2.45, 2.75) is 43.5 Å². The highest BCUT2D eigenvalue weighted by atomic mass is 16.8. The van der Waals surface area contributed by atoms with Gasteiger partial charge in [0, 0.05) is 38.5 Å². The molecule has 0 unspecified atom stereocenters. The Labute approximate surface area is 224 Å². The predicted octanol–water partition coefficient (Wildman–Crippen LogP) is 2.19. The van der Waals surface area contributed by atoms with E-state index >= 15 is 0 Å². The number of rotatable bonds is 4. The number of ether oxygens (including phenoxy) is 8. The Kier molecular flexibility index (Phi) is 10.5. The van der Waals surface area contributed by atoms with Gasteiger partial charge in [0.2, 0.25) is 0 Å². The summed E-state index contributed by atoms with van der Waals surface area (Å²) in [6.07, 6.45) is -0.971. The lowest BCUT2D eigenvalue weighted by molar-refractivity contribution is -0.368. The third-order valence-electron chi connectivity index (χ3n) is 6.88. The summed E-state index contributed by atoms with van der Waals surface area (Å²) in [7, 11) is 1.61. The number of methoxy groups -OCH3 is 1. The van der Waals surface area contributed by atoms with E-state index in [1.807, 2.05) is 54.7 Å². The van der Waals surface area contributed by atoms with Crippen molar-refractivity contribution < 1.29 is 37.9 Å². The van der Waals surface area contributed by atoms with E-state index < -0.39 is 30.9 Å². The molecule has 208 valence electrons. The van der Waals surface area contributed by atoms with Crippen LogP contribution in [-0.2, 0) is 44.4 Å².